The lowest BCUT2D eigenvalue weighted by atomic mass is 10.0. The highest BCUT2D eigenvalue weighted by atomic mass is 32.1. The van der Waals surface area contributed by atoms with Crippen molar-refractivity contribution >= 4 is 17.1 Å². The molecule has 0 N–H and O–H groups in total. The summed E-state index contributed by atoms with van der Waals surface area (Å²) in [5, 5.41) is 1.97. The third-order valence-electron chi connectivity index (χ3n) is 2.75. The highest BCUT2D eigenvalue weighted by molar-refractivity contribution is 7.12. The summed E-state index contributed by atoms with van der Waals surface area (Å²) in [4.78, 5) is 14.5. The highest BCUT2D eigenvalue weighted by Gasteiger charge is 2.10. The van der Waals surface area contributed by atoms with Crippen LogP contribution >= 0.6 is 11.3 Å². The van der Waals surface area contributed by atoms with E-state index in [1.807, 2.05) is 11.4 Å². The highest BCUT2D eigenvalue weighted by Crippen LogP contribution is 2.28. The lowest BCUT2D eigenvalue weighted by Gasteiger charge is -2.10. The minimum absolute atomic E-state index is 0.136. The average molecular weight is 259 g/mol. The topological polar surface area (TPSA) is 20.3 Å². The number of hydrogen-bond donors (Lipinski definition) is 0. The van der Waals surface area contributed by atoms with Gasteiger partial charge in [0.25, 0.3) is 0 Å². The monoisotopic (exact) mass is 259 g/mol. The zero-order chi connectivity index (χ0) is 13.1. The molecule has 18 heavy (non-hydrogen) atoms. The smallest absolute Gasteiger partial charge is 0.170 e. The first-order valence-corrected chi connectivity index (χ1v) is 6.78. The lowest BCUT2D eigenvalue weighted by molar-refractivity contribution is 0.102. The summed E-state index contributed by atoms with van der Waals surface area (Å²) in [7, 11) is 4.11. The van der Waals surface area contributed by atoms with E-state index in [1.54, 1.807) is 6.92 Å². The number of thiophene rings is 1. The van der Waals surface area contributed by atoms with Gasteiger partial charge in [0, 0.05) is 12.1 Å². The Morgan fingerprint density at radius 2 is 1.83 bits per heavy atom. The second kappa shape index (κ2) is 5.46. The maximum atomic E-state index is 11.5. The van der Waals surface area contributed by atoms with Gasteiger partial charge in [-0.05, 0) is 43.6 Å². The number of benzene rings is 1. The van der Waals surface area contributed by atoms with Crippen LogP contribution in [-0.4, -0.2) is 24.8 Å². The van der Waals surface area contributed by atoms with Crippen molar-refractivity contribution in [1.29, 1.82) is 0 Å². The molecule has 0 aliphatic rings. The van der Waals surface area contributed by atoms with E-state index in [9.17, 15) is 4.79 Å². The van der Waals surface area contributed by atoms with Crippen LogP contribution in [0.15, 0.2) is 35.7 Å². The van der Waals surface area contributed by atoms with Gasteiger partial charge >= 0.3 is 0 Å². The van der Waals surface area contributed by atoms with Crippen molar-refractivity contribution in [2.45, 2.75) is 13.5 Å². The molecule has 0 radical (unpaired) electrons. The summed E-state index contributed by atoms with van der Waals surface area (Å²) in [6, 6.07) is 10.4. The van der Waals surface area contributed by atoms with E-state index >= 15 is 0 Å². The number of Topliss-reactive ketones (excluding diaryl/α,β-unsaturated/α-hetero) is 1. The van der Waals surface area contributed by atoms with Crippen molar-refractivity contribution in [1.82, 2.24) is 4.90 Å². The Hall–Kier alpha value is -1.45. The number of rotatable bonds is 4. The zero-order valence-corrected chi connectivity index (χ0v) is 11.8. The molecular weight excluding hydrogens is 242 g/mol. The standard InChI is InChI=1S/C15H17NOS/c1-11(17)15-14(8-9-18-15)13-6-4-12(5-7-13)10-16(2)3/h4-9H,10H2,1-3H3. The number of carbonyl (C=O) groups is 1. The maximum Gasteiger partial charge on any atom is 0.170 e. The molecule has 0 saturated carbocycles. The fourth-order valence-corrected chi connectivity index (χ4v) is 2.78. The molecule has 0 bridgehead atoms. The Morgan fingerprint density at radius 1 is 1.17 bits per heavy atom. The molecule has 0 fully saturated rings. The minimum atomic E-state index is 0.136. The number of ketones is 1. The molecule has 2 rings (SSSR count). The quantitative estimate of drug-likeness (QED) is 0.781. The fourth-order valence-electron chi connectivity index (χ4n) is 1.96. The molecule has 0 spiro atoms. The van der Waals surface area contributed by atoms with Gasteiger partial charge < -0.3 is 4.90 Å². The Kier molecular flexibility index (Phi) is 3.94. The molecule has 3 heteroatoms. The molecule has 2 aromatic rings. The first-order chi connectivity index (χ1) is 8.58. The molecule has 2 nitrogen and oxygen atoms in total. The first kappa shape index (κ1) is 13.0. The van der Waals surface area contributed by atoms with Gasteiger partial charge in [-0.25, -0.2) is 0 Å². The maximum absolute atomic E-state index is 11.5. The molecular formula is C15H17NOS. The molecule has 1 aromatic carbocycles. The van der Waals surface area contributed by atoms with E-state index in [-0.39, 0.29) is 5.78 Å². The van der Waals surface area contributed by atoms with E-state index in [0.29, 0.717) is 0 Å². The van der Waals surface area contributed by atoms with Gasteiger partial charge in [-0.3, -0.25) is 4.79 Å². The lowest BCUT2D eigenvalue weighted by Crippen LogP contribution is -2.10. The van der Waals surface area contributed by atoms with Gasteiger partial charge in [-0.1, -0.05) is 24.3 Å². The summed E-state index contributed by atoms with van der Waals surface area (Å²) >= 11 is 1.51. The van der Waals surface area contributed by atoms with Crippen LogP contribution in [0.1, 0.15) is 22.2 Å². The minimum Gasteiger partial charge on any atom is -0.305 e. The Balaban J connectivity index is 2.29. The third kappa shape index (κ3) is 2.86. The fraction of sp³-hybridized carbons (Fsp3) is 0.267. The Bertz CT molecular complexity index is 540. The molecule has 0 atom stereocenters. The second-order valence-corrected chi connectivity index (χ2v) is 5.57. The van der Waals surface area contributed by atoms with Crippen molar-refractivity contribution in [2.24, 2.45) is 0 Å². The van der Waals surface area contributed by atoms with Crippen LogP contribution < -0.4 is 0 Å². The predicted octanol–water partition coefficient (Wildman–Crippen LogP) is 3.68. The van der Waals surface area contributed by atoms with Crippen molar-refractivity contribution < 1.29 is 4.79 Å². The van der Waals surface area contributed by atoms with E-state index < -0.39 is 0 Å². The summed E-state index contributed by atoms with van der Waals surface area (Å²) in [6.07, 6.45) is 0. The van der Waals surface area contributed by atoms with E-state index in [2.05, 4.69) is 43.3 Å². The Morgan fingerprint density at radius 3 is 2.39 bits per heavy atom. The van der Waals surface area contributed by atoms with E-state index in [1.165, 1.54) is 16.9 Å². The van der Waals surface area contributed by atoms with Crippen LogP contribution in [0, 0.1) is 0 Å². The molecule has 1 heterocycles. The van der Waals surface area contributed by atoms with Crippen LogP contribution in [-0.2, 0) is 6.54 Å². The average Bonchev–Trinajstić information content (AvgIpc) is 2.78. The summed E-state index contributed by atoms with van der Waals surface area (Å²) in [5.41, 5.74) is 3.44. The van der Waals surface area contributed by atoms with Gasteiger partial charge in [0.15, 0.2) is 5.78 Å². The molecule has 1 aromatic heterocycles. The van der Waals surface area contributed by atoms with Gasteiger partial charge in [0.1, 0.15) is 0 Å². The summed E-state index contributed by atoms with van der Waals surface area (Å²) < 4.78 is 0. The van der Waals surface area contributed by atoms with Crippen LogP contribution in [0.2, 0.25) is 0 Å². The van der Waals surface area contributed by atoms with Gasteiger partial charge in [-0.15, -0.1) is 11.3 Å². The van der Waals surface area contributed by atoms with Crippen molar-refractivity contribution in [3.05, 3.63) is 46.2 Å². The molecule has 0 saturated heterocycles. The van der Waals surface area contributed by atoms with Gasteiger partial charge in [0.2, 0.25) is 0 Å². The molecule has 0 aliphatic carbocycles. The van der Waals surface area contributed by atoms with Crippen molar-refractivity contribution in [3.63, 3.8) is 0 Å². The second-order valence-electron chi connectivity index (χ2n) is 4.65. The van der Waals surface area contributed by atoms with Crippen LogP contribution in [0.3, 0.4) is 0 Å². The van der Waals surface area contributed by atoms with Gasteiger partial charge in [0.05, 0.1) is 4.88 Å². The zero-order valence-electron chi connectivity index (χ0n) is 10.9. The molecule has 0 amide bonds. The summed E-state index contributed by atoms with van der Waals surface area (Å²) in [5.74, 6) is 0.136. The molecule has 0 unspecified atom stereocenters. The normalized spacial score (nSPS) is 10.9. The van der Waals surface area contributed by atoms with E-state index in [4.69, 9.17) is 0 Å². The summed E-state index contributed by atoms with van der Waals surface area (Å²) in [6.45, 7) is 2.55. The third-order valence-corrected chi connectivity index (χ3v) is 3.76. The van der Waals surface area contributed by atoms with Crippen LogP contribution in [0.25, 0.3) is 11.1 Å². The first-order valence-electron chi connectivity index (χ1n) is 5.90. The molecule has 94 valence electrons. The van der Waals surface area contributed by atoms with Gasteiger partial charge in [-0.2, -0.15) is 0 Å². The number of hydrogen-bond acceptors (Lipinski definition) is 3. The van der Waals surface area contributed by atoms with Crippen LogP contribution in [0.4, 0.5) is 0 Å². The number of nitrogens with zero attached hydrogens (tertiary/aromatic N) is 1. The van der Waals surface area contributed by atoms with Crippen LogP contribution in [0.5, 0.6) is 0 Å². The van der Waals surface area contributed by atoms with Crippen molar-refractivity contribution in [2.75, 3.05) is 14.1 Å². The predicted molar refractivity (Wildman–Crippen MR) is 77.2 cm³/mol. The number of carbonyl (C=O) groups excluding carboxylic acids is 1. The molecule has 0 aliphatic heterocycles. The Labute approximate surface area is 112 Å². The SMILES string of the molecule is CC(=O)c1sccc1-c1ccc(CN(C)C)cc1. The largest absolute Gasteiger partial charge is 0.305 e. The van der Waals surface area contributed by atoms with Crippen molar-refractivity contribution in [3.8, 4) is 11.1 Å². The van der Waals surface area contributed by atoms with E-state index in [0.717, 1.165) is 22.5 Å².